The number of hydrogen-bond donors (Lipinski definition) is 2. The first-order valence-electron chi connectivity index (χ1n) is 6.39. The van der Waals surface area contributed by atoms with Crippen LogP contribution in [0, 0.1) is 11.3 Å². The second-order valence-electron chi connectivity index (χ2n) is 4.85. The molecular weight excluding hydrogens is 291 g/mol. The summed E-state index contributed by atoms with van der Waals surface area (Å²) >= 11 is 0. The van der Waals surface area contributed by atoms with Gasteiger partial charge in [-0.05, 0) is 23.8 Å². The number of H-pyrrole nitrogens is 1. The van der Waals surface area contributed by atoms with Crippen molar-refractivity contribution >= 4 is 16.6 Å². The standard InChI is InChI=1S/C16H10F3N3/c17-16(18,19)13-4-2-1-3-10(13)12-8-22-15-11(12)5-9(7-20)6-14(15)21/h1-6,8,22H,21H2. The van der Waals surface area contributed by atoms with E-state index in [0.717, 1.165) is 6.07 Å². The Bertz CT molecular complexity index is 901. The first-order chi connectivity index (χ1) is 10.4. The predicted molar refractivity (Wildman–Crippen MR) is 77.9 cm³/mol. The molecule has 0 amide bonds. The molecule has 0 unspecified atom stereocenters. The van der Waals surface area contributed by atoms with E-state index in [-0.39, 0.29) is 5.56 Å². The summed E-state index contributed by atoms with van der Waals surface area (Å²) in [6, 6.07) is 10.3. The Morgan fingerprint density at radius 1 is 1.09 bits per heavy atom. The molecule has 0 saturated heterocycles. The monoisotopic (exact) mass is 301 g/mol. The fourth-order valence-corrected chi connectivity index (χ4v) is 2.51. The van der Waals surface area contributed by atoms with Gasteiger partial charge in [0.15, 0.2) is 0 Å². The van der Waals surface area contributed by atoms with E-state index in [1.54, 1.807) is 6.07 Å². The van der Waals surface area contributed by atoms with Gasteiger partial charge in [-0.3, -0.25) is 0 Å². The summed E-state index contributed by atoms with van der Waals surface area (Å²) in [4.78, 5) is 2.88. The molecule has 3 rings (SSSR count). The van der Waals surface area contributed by atoms with Gasteiger partial charge in [-0.1, -0.05) is 18.2 Å². The first kappa shape index (κ1) is 14.0. The van der Waals surface area contributed by atoms with Gasteiger partial charge in [0.05, 0.1) is 28.4 Å². The molecule has 0 bridgehead atoms. The molecule has 0 aliphatic rings. The summed E-state index contributed by atoms with van der Waals surface area (Å²) in [7, 11) is 0. The smallest absolute Gasteiger partial charge is 0.397 e. The van der Waals surface area contributed by atoms with Crippen LogP contribution in [0.5, 0.6) is 0 Å². The van der Waals surface area contributed by atoms with Crippen LogP contribution in [-0.2, 0) is 6.18 Å². The van der Waals surface area contributed by atoms with E-state index in [4.69, 9.17) is 11.0 Å². The van der Waals surface area contributed by atoms with E-state index in [1.807, 2.05) is 6.07 Å². The highest BCUT2D eigenvalue weighted by Gasteiger charge is 2.33. The Morgan fingerprint density at radius 2 is 1.82 bits per heavy atom. The van der Waals surface area contributed by atoms with Gasteiger partial charge in [-0.25, -0.2) is 0 Å². The SMILES string of the molecule is N#Cc1cc(N)c2[nH]cc(-c3ccccc3C(F)(F)F)c2c1. The summed E-state index contributed by atoms with van der Waals surface area (Å²) in [5.41, 5.74) is 6.68. The quantitative estimate of drug-likeness (QED) is 0.658. The van der Waals surface area contributed by atoms with Crippen molar-refractivity contribution in [1.29, 1.82) is 5.26 Å². The minimum absolute atomic E-state index is 0.0516. The van der Waals surface area contributed by atoms with E-state index < -0.39 is 11.7 Å². The number of fused-ring (bicyclic) bond motifs is 1. The summed E-state index contributed by atoms with van der Waals surface area (Å²) in [6.07, 6.45) is -2.98. The van der Waals surface area contributed by atoms with Gasteiger partial charge in [-0.2, -0.15) is 18.4 Å². The lowest BCUT2D eigenvalue weighted by Crippen LogP contribution is -2.06. The van der Waals surface area contributed by atoms with Gasteiger partial charge in [0.1, 0.15) is 0 Å². The molecule has 1 heterocycles. The zero-order valence-electron chi connectivity index (χ0n) is 11.2. The van der Waals surface area contributed by atoms with Crippen molar-refractivity contribution in [3.8, 4) is 17.2 Å². The van der Waals surface area contributed by atoms with E-state index in [1.165, 1.54) is 30.5 Å². The molecule has 0 aliphatic carbocycles. The Kier molecular flexibility index (Phi) is 3.06. The highest BCUT2D eigenvalue weighted by atomic mass is 19.4. The lowest BCUT2D eigenvalue weighted by Gasteiger charge is -2.12. The number of nitriles is 1. The fourth-order valence-electron chi connectivity index (χ4n) is 2.51. The summed E-state index contributed by atoms with van der Waals surface area (Å²) in [6.45, 7) is 0. The number of hydrogen-bond acceptors (Lipinski definition) is 2. The third kappa shape index (κ3) is 2.17. The molecule has 3 N–H and O–H groups in total. The van der Waals surface area contributed by atoms with Crippen LogP contribution in [0.1, 0.15) is 11.1 Å². The highest BCUT2D eigenvalue weighted by molar-refractivity contribution is 6.02. The van der Waals surface area contributed by atoms with Crippen molar-refractivity contribution in [2.45, 2.75) is 6.18 Å². The fraction of sp³-hybridized carbons (Fsp3) is 0.0625. The van der Waals surface area contributed by atoms with Crippen LogP contribution in [0.2, 0.25) is 0 Å². The Balaban J connectivity index is 2.33. The van der Waals surface area contributed by atoms with Crippen molar-refractivity contribution in [3.05, 3.63) is 53.7 Å². The van der Waals surface area contributed by atoms with Gasteiger partial charge in [0, 0.05) is 17.1 Å². The number of alkyl halides is 3. The number of nitrogens with one attached hydrogen (secondary N) is 1. The van der Waals surface area contributed by atoms with Gasteiger partial charge in [-0.15, -0.1) is 0 Å². The Morgan fingerprint density at radius 3 is 2.50 bits per heavy atom. The maximum Gasteiger partial charge on any atom is 0.417 e. The number of benzene rings is 2. The molecule has 0 radical (unpaired) electrons. The number of halogens is 3. The second-order valence-corrected chi connectivity index (χ2v) is 4.85. The molecule has 22 heavy (non-hydrogen) atoms. The third-order valence-electron chi connectivity index (χ3n) is 3.47. The van der Waals surface area contributed by atoms with Crippen LogP contribution in [0.15, 0.2) is 42.6 Å². The molecule has 0 spiro atoms. The topological polar surface area (TPSA) is 65.6 Å². The van der Waals surface area contributed by atoms with E-state index in [2.05, 4.69) is 4.98 Å². The van der Waals surface area contributed by atoms with E-state index >= 15 is 0 Å². The van der Waals surface area contributed by atoms with Gasteiger partial charge < -0.3 is 10.7 Å². The number of nitrogen functional groups attached to an aromatic ring is 1. The molecule has 0 aliphatic heterocycles. The predicted octanol–water partition coefficient (Wildman–Crippen LogP) is 4.31. The average molecular weight is 301 g/mol. The number of rotatable bonds is 1. The molecule has 2 aromatic carbocycles. The van der Waals surface area contributed by atoms with Crippen molar-refractivity contribution in [3.63, 3.8) is 0 Å². The summed E-state index contributed by atoms with van der Waals surface area (Å²) in [5, 5.41) is 9.50. The van der Waals surface area contributed by atoms with Gasteiger partial charge in [0.2, 0.25) is 0 Å². The first-order valence-corrected chi connectivity index (χ1v) is 6.39. The molecule has 1 aromatic heterocycles. The number of aromatic amines is 1. The van der Waals surface area contributed by atoms with Gasteiger partial charge >= 0.3 is 6.18 Å². The highest BCUT2D eigenvalue weighted by Crippen LogP contribution is 2.40. The van der Waals surface area contributed by atoms with E-state index in [0.29, 0.717) is 27.7 Å². The van der Waals surface area contributed by atoms with Crippen molar-refractivity contribution in [2.75, 3.05) is 5.73 Å². The van der Waals surface area contributed by atoms with Crippen LogP contribution < -0.4 is 5.73 Å². The van der Waals surface area contributed by atoms with Crippen LogP contribution in [0.4, 0.5) is 18.9 Å². The van der Waals surface area contributed by atoms with Crippen LogP contribution in [0.3, 0.4) is 0 Å². The average Bonchev–Trinajstić information content (AvgIpc) is 2.90. The molecule has 0 atom stereocenters. The number of nitrogens with zero attached hydrogens (tertiary/aromatic N) is 1. The molecule has 0 fully saturated rings. The third-order valence-corrected chi connectivity index (χ3v) is 3.47. The maximum absolute atomic E-state index is 13.2. The minimum Gasteiger partial charge on any atom is -0.397 e. The zero-order valence-corrected chi connectivity index (χ0v) is 11.2. The van der Waals surface area contributed by atoms with Crippen molar-refractivity contribution in [1.82, 2.24) is 4.98 Å². The number of aromatic nitrogens is 1. The molecule has 3 aromatic rings. The lowest BCUT2D eigenvalue weighted by molar-refractivity contribution is -0.137. The minimum atomic E-state index is -4.46. The number of nitrogens with two attached hydrogens (primary N) is 1. The summed E-state index contributed by atoms with van der Waals surface area (Å²) < 4.78 is 39.5. The van der Waals surface area contributed by atoms with E-state index in [9.17, 15) is 13.2 Å². The molecule has 6 heteroatoms. The molecule has 0 saturated carbocycles. The van der Waals surface area contributed by atoms with Crippen molar-refractivity contribution in [2.24, 2.45) is 0 Å². The zero-order chi connectivity index (χ0) is 15.9. The molecule has 110 valence electrons. The van der Waals surface area contributed by atoms with Gasteiger partial charge in [0.25, 0.3) is 0 Å². The van der Waals surface area contributed by atoms with Crippen LogP contribution in [0.25, 0.3) is 22.0 Å². The Hall–Kier alpha value is -2.94. The lowest BCUT2D eigenvalue weighted by atomic mass is 9.98. The normalized spacial score (nSPS) is 11.5. The largest absolute Gasteiger partial charge is 0.417 e. The van der Waals surface area contributed by atoms with Crippen LogP contribution >= 0.6 is 0 Å². The molecular formula is C16H10F3N3. The molecule has 3 nitrogen and oxygen atoms in total. The van der Waals surface area contributed by atoms with Crippen LogP contribution in [-0.4, -0.2) is 4.98 Å². The Labute approximate surface area is 123 Å². The van der Waals surface area contributed by atoms with Crippen molar-refractivity contribution < 1.29 is 13.2 Å². The maximum atomic E-state index is 13.2. The second kappa shape index (κ2) is 4.81. The summed E-state index contributed by atoms with van der Waals surface area (Å²) in [5.74, 6) is 0. The number of anilines is 1.